The topological polar surface area (TPSA) is 45.4 Å². The lowest BCUT2D eigenvalue weighted by Gasteiger charge is -2.21. The molecule has 5 aromatic rings. The van der Waals surface area contributed by atoms with E-state index in [1.807, 2.05) is 25.1 Å². The van der Waals surface area contributed by atoms with Gasteiger partial charge in [0.05, 0.1) is 24.6 Å². The Balaban J connectivity index is 1.30. The number of pyridine rings is 2. The number of benzene rings is 2. The number of nitrogens with zero attached hydrogens (tertiary/aromatic N) is 4. The minimum absolute atomic E-state index is 0.673. The molecule has 5 nitrogen and oxygen atoms in total. The van der Waals surface area contributed by atoms with Gasteiger partial charge < -0.3 is 14.2 Å². The van der Waals surface area contributed by atoms with Gasteiger partial charge in [0.2, 0.25) is 5.71 Å². The van der Waals surface area contributed by atoms with Crippen LogP contribution in [0.2, 0.25) is 0 Å². The summed E-state index contributed by atoms with van der Waals surface area (Å²) in [6.07, 6.45) is 4.23. The predicted molar refractivity (Wildman–Crippen MR) is 128 cm³/mol. The molecule has 156 valence electrons. The molecule has 0 fully saturated rings. The third-order valence-corrected chi connectivity index (χ3v) is 5.83. The van der Waals surface area contributed by atoms with Gasteiger partial charge in [-0.25, -0.2) is 4.98 Å². The molecule has 0 amide bonds. The summed E-state index contributed by atoms with van der Waals surface area (Å²) in [5.74, 6) is 0. The molecule has 1 aliphatic heterocycles. The van der Waals surface area contributed by atoms with Crippen molar-refractivity contribution in [2.45, 2.75) is 13.5 Å². The highest BCUT2D eigenvalue weighted by Gasteiger charge is 2.16. The third kappa shape index (κ3) is 3.28. The summed E-state index contributed by atoms with van der Waals surface area (Å²) in [7, 11) is 0. The molecule has 1 aliphatic rings. The molecule has 4 heterocycles. The highest BCUT2D eigenvalue weighted by molar-refractivity contribution is 6.08. The van der Waals surface area contributed by atoms with Crippen LogP contribution < -0.4 is 4.90 Å². The molecule has 6 rings (SSSR count). The summed E-state index contributed by atoms with van der Waals surface area (Å²) in [6.45, 7) is 3.52. The number of hydrogen-bond donors (Lipinski definition) is 0. The second kappa shape index (κ2) is 7.54. The average Bonchev–Trinajstić information content (AvgIpc) is 3.44. The van der Waals surface area contributed by atoms with Crippen LogP contribution in [0.1, 0.15) is 11.4 Å². The van der Waals surface area contributed by atoms with Crippen LogP contribution in [-0.2, 0) is 6.54 Å². The maximum absolute atomic E-state index is 6.18. The monoisotopic (exact) mass is 418 g/mol. The van der Waals surface area contributed by atoms with Gasteiger partial charge in [0.25, 0.3) is 0 Å². The van der Waals surface area contributed by atoms with Gasteiger partial charge in [-0.2, -0.15) is 0 Å². The molecule has 0 N–H and O–H groups in total. The van der Waals surface area contributed by atoms with E-state index in [9.17, 15) is 0 Å². The minimum atomic E-state index is 0.673. The van der Waals surface area contributed by atoms with Crippen molar-refractivity contribution in [1.82, 2.24) is 14.9 Å². The lowest BCUT2D eigenvalue weighted by atomic mass is 10.1. The van der Waals surface area contributed by atoms with E-state index in [1.165, 1.54) is 5.69 Å². The Morgan fingerprint density at radius 3 is 2.59 bits per heavy atom. The largest absolute Gasteiger partial charge is 0.437 e. The fourth-order valence-electron chi connectivity index (χ4n) is 4.25. The fourth-order valence-corrected chi connectivity index (χ4v) is 4.25. The Morgan fingerprint density at radius 2 is 1.69 bits per heavy atom. The van der Waals surface area contributed by atoms with E-state index >= 15 is 0 Å². The second-order valence-electron chi connectivity index (χ2n) is 8.10. The van der Waals surface area contributed by atoms with E-state index in [2.05, 4.69) is 87.8 Å². The number of aryl methyl sites for hydroxylation is 1. The lowest BCUT2D eigenvalue weighted by molar-refractivity contribution is 0.395. The van der Waals surface area contributed by atoms with Crippen molar-refractivity contribution in [2.24, 2.45) is 0 Å². The van der Waals surface area contributed by atoms with Crippen molar-refractivity contribution in [3.05, 3.63) is 103 Å². The zero-order valence-electron chi connectivity index (χ0n) is 17.8. The van der Waals surface area contributed by atoms with Crippen LogP contribution in [0.3, 0.4) is 0 Å². The molecule has 2 aromatic carbocycles. The van der Waals surface area contributed by atoms with Gasteiger partial charge in [-0.15, -0.1) is 0 Å². The first-order valence-electron chi connectivity index (χ1n) is 10.7. The van der Waals surface area contributed by atoms with E-state index < -0.39 is 0 Å². The van der Waals surface area contributed by atoms with Gasteiger partial charge >= 0.3 is 0 Å². The van der Waals surface area contributed by atoms with E-state index in [0.717, 1.165) is 52.2 Å². The van der Waals surface area contributed by atoms with Crippen LogP contribution in [0.4, 0.5) is 5.69 Å². The molecule has 0 radical (unpaired) electrons. The fraction of sp³-hybridized carbons (Fsp3) is 0.111. The SMILES string of the molecule is Cc1ccc2c(n1)oc1c(-c3cccc(CN4C=CN(c5ccccc5)C4)n3)cccc12. The van der Waals surface area contributed by atoms with Gasteiger partial charge in [-0.3, -0.25) is 4.98 Å². The summed E-state index contributed by atoms with van der Waals surface area (Å²) in [6, 6.07) is 26.9. The molecule has 32 heavy (non-hydrogen) atoms. The maximum Gasteiger partial charge on any atom is 0.227 e. The summed E-state index contributed by atoms with van der Waals surface area (Å²) in [5.41, 5.74) is 6.56. The highest BCUT2D eigenvalue weighted by atomic mass is 16.3. The zero-order valence-corrected chi connectivity index (χ0v) is 17.8. The molecule has 5 heteroatoms. The molecule has 0 bridgehead atoms. The third-order valence-electron chi connectivity index (χ3n) is 5.83. The number of rotatable bonds is 4. The first-order chi connectivity index (χ1) is 15.7. The van der Waals surface area contributed by atoms with Gasteiger partial charge in [0, 0.05) is 40.1 Å². The number of furan rings is 1. The minimum Gasteiger partial charge on any atom is -0.437 e. The van der Waals surface area contributed by atoms with Crippen molar-refractivity contribution < 1.29 is 4.42 Å². The van der Waals surface area contributed by atoms with E-state index in [-0.39, 0.29) is 0 Å². The quantitative estimate of drug-likeness (QED) is 0.353. The summed E-state index contributed by atoms with van der Waals surface area (Å²) >= 11 is 0. The smallest absolute Gasteiger partial charge is 0.227 e. The Morgan fingerprint density at radius 1 is 0.812 bits per heavy atom. The first kappa shape index (κ1) is 18.6. The number of para-hydroxylation sites is 2. The molecule has 0 aliphatic carbocycles. The number of fused-ring (bicyclic) bond motifs is 3. The zero-order chi connectivity index (χ0) is 21.5. The summed E-state index contributed by atoms with van der Waals surface area (Å²) in [5, 5.41) is 2.10. The Kier molecular flexibility index (Phi) is 4.39. The van der Waals surface area contributed by atoms with Crippen molar-refractivity contribution in [2.75, 3.05) is 11.6 Å². The molecule has 0 spiro atoms. The highest BCUT2D eigenvalue weighted by Crippen LogP contribution is 2.34. The van der Waals surface area contributed by atoms with Gasteiger partial charge in [-0.05, 0) is 49.4 Å². The second-order valence-corrected chi connectivity index (χ2v) is 8.10. The standard InChI is InChI=1S/C27H22N4O/c1-19-13-14-23-22-10-6-11-24(26(22)32-27(23)28-19)25-12-5-7-20(29-25)17-30-15-16-31(18-30)21-8-3-2-4-9-21/h2-16H,17-18H2,1H3. The summed E-state index contributed by atoms with van der Waals surface area (Å²) < 4.78 is 6.18. The molecule has 0 unspecified atom stereocenters. The van der Waals surface area contributed by atoms with Gasteiger partial charge in [0.1, 0.15) is 5.58 Å². The van der Waals surface area contributed by atoms with E-state index in [0.29, 0.717) is 5.71 Å². The molecular weight excluding hydrogens is 396 g/mol. The molecule has 0 saturated heterocycles. The van der Waals surface area contributed by atoms with E-state index in [4.69, 9.17) is 9.40 Å². The predicted octanol–water partition coefficient (Wildman–Crippen LogP) is 6.10. The van der Waals surface area contributed by atoms with Crippen LogP contribution in [0.15, 0.2) is 95.7 Å². The Labute approximate surface area is 186 Å². The molecule has 3 aromatic heterocycles. The maximum atomic E-state index is 6.18. The van der Waals surface area contributed by atoms with Crippen molar-refractivity contribution in [1.29, 1.82) is 0 Å². The van der Waals surface area contributed by atoms with Crippen molar-refractivity contribution in [3.8, 4) is 11.3 Å². The lowest BCUT2D eigenvalue weighted by Crippen LogP contribution is -2.24. The van der Waals surface area contributed by atoms with Gasteiger partial charge in [-0.1, -0.05) is 36.4 Å². The Hall–Kier alpha value is -4.12. The van der Waals surface area contributed by atoms with Crippen LogP contribution in [0.5, 0.6) is 0 Å². The van der Waals surface area contributed by atoms with Crippen LogP contribution in [-0.4, -0.2) is 21.5 Å². The molecular formula is C27H22N4O. The number of anilines is 1. The normalized spacial score (nSPS) is 13.5. The van der Waals surface area contributed by atoms with E-state index in [1.54, 1.807) is 0 Å². The molecule has 0 atom stereocenters. The van der Waals surface area contributed by atoms with Gasteiger partial charge in [0.15, 0.2) is 0 Å². The average molecular weight is 419 g/mol. The molecule has 0 saturated carbocycles. The van der Waals surface area contributed by atoms with Crippen LogP contribution in [0, 0.1) is 6.92 Å². The first-order valence-corrected chi connectivity index (χ1v) is 10.7. The van der Waals surface area contributed by atoms with Crippen molar-refractivity contribution >= 4 is 27.8 Å². The van der Waals surface area contributed by atoms with Crippen molar-refractivity contribution in [3.63, 3.8) is 0 Å². The van der Waals surface area contributed by atoms with Crippen LogP contribution in [0.25, 0.3) is 33.3 Å². The Bertz CT molecular complexity index is 1460. The summed E-state index contributed by atoms with van der Waals surface area (Å²) in [4.78, 5) is 14.0. The van der Waals surface area contributed by atoms with Crippen LogP contribution >= 0.6 is 0 Å². The number of aromatic nitrogens is 2. The number of hydrogen-bond acceptors (Lipinski definition) is 5.